The summed E-state index contributed by atoms with van der Waals surface area (Å²) in [6.07, 6.45) is 5.94. The molecular formula is C8H14N2. The molecule has 2 bridgehead atoms. The summed E-state index contributed by atoms with van der Waals surface area (Å²) in [5.41, 5.74) is 6.85. The molecular weight excluding hydrogens is 124 g/mol. The number of hydrogen-bond donors (Lipinski definition) is 1. The Kier molecular flexibility index (Phi) is 1.24. The SMILES string of the molecule is CN1C2C=C(N)CC1CC2. The molecule has 0 radical (unpaired) electrons. The predicted octanol–water partition coefficient (Wildman–Crippen LogP) is 0.696. The summed E-state index contributed by atoms with van der Waals surface area (Å²) in [6.45, 7) is 0. The van der Waals surface area contributed by atoms with Crippen molar-refractivity contribution in [2.75, 3.05) is 7.05 Å². The zero-order valence-electron chi connectivity index (χ0n) is 6.38. The van der Waals surface area contributed by atoms with Crippen LogP contribution in [0.25, 0.3) is 0 Å². The summed E-state index contributed by atoms with van der Waals surface area (Å²) < 4.78 is 0. The second-order valence-electron chi connectivity index (χ2n) is 3.41. The molecule has 2 nitrogen and oxygen atoms in total. The van der Waals surface area contributed by atoms with Crippen molar-refractivity contribution in [3.63, 3.8) is 0 Å². The topological polar surface area (TPSA) is 29.3 Å². The van der Waals surface area contributed by atoms with E-state index in [4.69, 9.17) is 5.73 Å². The average molecular weight is 138 g/mol. The van der Waals surface area contributed by atoms with Crippen molar-refractivity contribution in [2.24, 2.45) is 5.73 Å². The molecule has 0 aromatic carbocycles. The van der Waals surface area contributed by atoms with Crippen molar-refractivity contribution in [1.82, 2.24) is 4.90 Å². The van der Waals surface area contributed by atoms with Crippen LogP contribution in [-0.2, 0) is 0 Å². The van der Waals surface area contributed by atoms with E-state index in [-0.39, 0.29) is 0 Å². The average Bonchev–Trinajstić information content (AvgIpc) is 2.20. The third-order valence-corrected chi connectivity index (χ3v) is 2.77. The van der Waals surface area contributed by atoms with Gasteiger partial charge in [-0.15, -0.1) is 0 Å². The standard InChI is InChI=1S/C8H14N2/c1-10-7-2-3-8(10)5-6(9)4-7/h4,7-8H,2-3,5,9H2,1H3. The van der Waals surface area contributed by atoms with Crippen LogP contribution in [0.15, 0.2) is 11.8 Å². The van der Waals surface area contributed by atoms with E-state index >= 15 is 0 Å². The van der Waals surface area contributed by atoms with E-state index in [1.807, 2.05) is 0 Å². The highest BCUT2D eigenvalue weighted by atomic mass is 15.2. The fraction of sp³-hybridized carbons (Fsp3) is 0.750. The Labute approximate surface area is 61.7 Å². The second kappa shape index (κ2) is 1.99. The van der Waals surface area contributed by atoms with Crippen LogP contribution in [0.5, 0.6) is 0 Å². The minimum absolute atomic E-state index is 0.652. The maximum atomic E-state index is 5.75. The molecule has 2 aliphatic heterocycles. The minimum Gasteiger partial charge on any atom is -0.402 e. The summed E-state index contributed by atoms with van der Waals surface area (Å²) in [6, 6.07) is 1.40. The zero-order chi connectivity index (χ0) is 7.14. The van der Waals surface area contributed by atoms with E-state index in [0.29, 0.717) is 6.04 Å². The van der Waals surface area contributed by atoms with Gasteiger partial charge in [-0.2, -0.15) is 0 Å². The van der Waals surface area contributed by atoms with Crippen LogP contribution in [0.2, 0.25) is 0 Å². The molecule has 2 aliphatic rings. The van der Waals surface area contributed by atoms with Gasteiger partial charge >= 0.3 is 0 Å². The van der Waals surface area contributed by atoms with Gasteiger partial charge in [-0.3, -0.25) is 4.90 Å². The van der Waals surface area contributed by atoms with Crippen LogP contribution < -0.4 is 5.73 Å². The second-order valence-corrected chi connectivity index (χ2v) is 3.41. The van der Waals surface area contributed by atoms with Crippen LogP contribution in [0.3, 0.4) is 0 Å². The Balaban J connectivity index is 2.24. The zero-order valence-corrected chi connectivity index (χ0v) is 6.38. The van der Waals surface area contributed by atoms with Gasteiger partial charge in [0.05, 0.1) is 0 Å². The molecule has 0 aromatic heterocycles. The Morgan fingerprint density at radius 2 is 2.40 bits per heavy atom. The first kappa shape index (κ1) is 6.23. The van der Waals surface area contributed by atoms with E-state index in [2.05, 4.69) is 18.0 Å². The highest BCUT2D eigenvalue weighted by Crippen LogP contribution is 2.31. The van der Waals surface area contributed by atoms with E-state index < -0.39 is 0 Å². The third kappa shape index (κ3) is 0.754. The molecule has 2 unspecified atom stereocenters. The first-order valence-corrected chi connectivity index (χ1v) is 3.95. The number of nitrogens with zero attached hydrogens (tertiary/aromatic N) is 1. The van der Waals surface area contributed by atoms with Crippen molar-refractivity contribution in [1.29, 1.82) is 0 Å². The molecule has 2 rings (SSSR count). The maximum Gasteiger partial charge on any atom is 0.0298 e. The smallest absolute Gasteiger partial charge is 0.0298 e. The van der Waals surface area contributed by atoms with Crippen LogP contribution in [0.4, 0.5) is 0 Å². The van der Waals surface area contributed by atoms with Gasteiger partial charge in [-0.1, -0.05) is 0 Å². The van der Waals surface area contributed by atoms with Gasteiger partial charge < -0.3 is 5.73 Å². The number of likely N-dealkylation sites (N-methyl/N-ethyl adjacent to an activating group) is 1. The molecule has 1 saturated heterocycles. The molecule has 0 spiro atoms. The van der Waals surface area contributed by atoms with E-state index in [0.717, 1.165) is 18.2 Å². The monoisotopic (exact) mass is 138 g/mol. The van der Waals surface area contributed by atoms with Gasteiger partial charge in [0, 0.05) is 24.2 Å². The molecule has 2 heteroatoms. The van der Waals surface area contributed by atoms with Crippen molar-refractivity contribution in [2.45, 2.75) is 31.3 Å². The van der Waals surface area contributed by atoms with Crippen molar-refractivity contribution in [3.8, 4) is 0 Å². The Hall–Kier alpha value is -0.500. The number of hydrogen-bond acceptors (Lipinski definition) is 2. The van der Waals surface area contributed by atoms with Gasteiger partial charge in [0.1, 0.15) is 0 Å². The molecule has 0 aromatic rings. The van der Waals surface area contributed by atoms with Crippen LogP contribution >= 0.6 is 0 Å². The molecule has 56 valence electrons. The first-order valence-electron chi connectivity index (χ1n) is 3.95. The molecule has 2 atom stereocenters. The molecule has 0 aliphatic carbocycles. The highest BCUT2D eigenvalue weighted by molar-refractivity contribution is 5.14. The molecule has 0 amide bonds. The summed E-state index contributed by atoms with van der Waals surface area (Å²) in [5, 5.41) is 0. The lowest BCUT2D eigenvalue weighted by atomic mass is 10.1. The summed E-state index contributed by atoms with van der Waals surface area (Å²) >= 11 is 0. The number of rotatable bonds is 0. The van der Waals surface area contributed by atoms with Crippen molar-refractivity contribution in [3.05, 3.63) is 11.8 Å². The maximum absolute atomic E-state index is 5.75. The largest absolute Gasteiger partial charge is 0.402 e. The summed E-state index contributed by atoms with van der Waals surface area (Å²) in [7, 11) is 2.20. The molecule has 10 heavy (non-hydrogen) atoms. The fourth-order valence-electron chi connectivity index (χ4n) is 2.08. The molecule has 2 heterocycles. The number of fused-ring (bicyclic) bond motifs is 2. The van der Waals surface area contributed by atoms with E-state index in [1.165, 1.54) is 12.8 Å². The first-order chi connectivity index (χ1) is 4.77. The Morgan fingerprint density at radius 3 is 3.10 bits per heavy atom. The highest BCUT2D eigenvalue weighted by Gasteiger charge is 2.32. The predicted molar refractivity (Wildman–Crippen MR) is 41.5 cm³/mol. The third-order valence-electron chi connectivity index (χ3n) is 2.77. The fourth-order valence-corrected chi connectivity index (χ4v) is 2.08. The summed E-state index contributed by atoms with van der Waals surface area (Å²) in [5.74, 6) is 0. The minimum atomic E-state index is 0.652. The molecule has 2 N–H and O–H groups in total. The van der Waals surface area contributed by atoms with Crippen molar-refractivity contribution < 1.29 is 0 Å². The van der Waals surface area contributed by atoms with Crippen LogP contribution in [0.1, 0.15) is 19.3 Å². The lowest BCUT2D eigenvalue weighted by Crippen LogP contribution is -2.36. The Morgan fingerprint density at radius 1 is 1.60 bits per heavy atom. The van der Waals surface area contributed by atoms with Gasteiger partial charge in [-0.25, -0.2) is 0 Å². The van der Waals surface area contributed by atoms with Gasteiger partial charge in [0.25, 0.3) is 0 Å². The normalized spacial score (nSPS) is 39.9. The molecule has 1 fully saturated rings. The Bertz CT molecular complexity index is 174. The summed E-state index contributed by atoms with van der Waals surface area (Å²) in [4.78, 5) is 2.44. The van der Waals surface area contributed by atoms with Gasteiger partial charge in [0.15, 0.2) is 0 Å². The lowest BCUT2D eigenvalue weighted by molar-refractivity contribution is 0.254. The van der Waals surface area contributed by atoms with Crippen molar-refractivity contribution >= 4 is 0 Å². The number of nitrogens with two attached hydrogens (primary N) is 1. The molecule has 0 saturated carbocycles. The lowest BCUT2D eigenvalue weighted by Gasteiger charge is -2.28. The quantitative estimate of drug-likeness (QED) is 0.534. The van der Waals surface area contributed by atoms with Gasteiger partial charge in [-0.05, 0) is 26.0 Å². The van der Waals surface area contributed by atoms with E-state index in [1.54, 1.807) is 0 Å². The van der Waals surface area contributed by atoms with Crippen LogP contribution in [0, 0.1) is 0 Å². The van der Waals surface area contributed by atoms with E-state index in [9.17, 15) is 0 Å². The van der Waals surface area contributed by atoms with Crippen LogP contribution in [-0.4, -0.2) is 24.0 Å². The van der Waals surface area contributed by atoms with Gasteiger partial charge in [0.2, 0.25) is 0 Å².